The third-order valence-corrected chi connectivity index (χ3v) is 9.47. The van der Waals surface area contributed by atoms with Gasteiger partial charge in [0, 0.05) is 49.5 Å². The molecule has 6 aromatic carbocycles. The molecule has 0 saturated heterocycles. The molecular weight excluding hydrogens is 611 g/mol. The fourth-order valence-electron chi connectivity index (χ4n) is 7.26. The quantitative estimate of drug-likeness (QED) is 0.162. The number of allylic oxidation sites excluding steroid dienone is 5. The third-order valence-electron chi connectivity index (χ3n) is 9.47. The van der Waals surface area contributed by atoms with Gasteiger partial charge in [-0.05, 0) is 49.4 Å². The van der Waals surface area contributed by atoms with E-state index in [2.05, 4.69) is 137 Å². The summed E-state index contributed by atoms with van der Waals surface area (Å²) in [6, 6.07) is 50.9. The molecule has 0 radical (unpaired) electrons. The van der Waals surface area contributed by atoms with Gasteiger partial charge < -0.3 is 8.98 Å². The normalized spacial score (nSPS) is 12.2. The van der Waals surface area contributed by atoms with E-state index in [1.165, 1.54) is 10.8 Å². The highest BCUT2D eigenvalue weighted by Crippen LogP contribution is 2.46. The minimum atomic E-state index is 0.816. The Morgan fingerprint density at radius 3 is 1.96 bits per heavy atom. The Bertz CT molecular complexity index is 2720. The Hall–Kier alpha value is -6.65. The molecule has 9 rings (SSSR count). The molecule has 0 bridgehead atoms. The maximum atomic E-state index is 6.84. The van der Waals surface area contributed by atoms with Crippen molar-refractivity contribution >= 4 is 49.3 Å². The van der Waals surface area contributed by atoms with E-state index in [0.717, 1.165) is 78.0 Å². The van der Waals surface area contributed by atoms with Crippen molar-refractivity contribution in [3.05, 3.63) is 182 Å². The summed E-state index contributed by atoms with van der Waals surface area (Å²) in [5.41, 5.74) is 11.6. The van der Waals surface area contributed by atoms with Crippen LogP contribution in [0, 0.1) is 0 Å². The molecular formula is C46H33N3O. The first-order valence-corrected chi connectivity index (χ1v) is 16.9. The minimum absolute atomic E-state index is 0.816. The van der Waals surface area contributed by atoms with Crippen LogP contribution < -0.4 is 0 Å². The summed E-state index contributed by atoms with van der Waals surface area (Å²) in [4.78, 5) is 0. The number of fused-ring (bicyclic) bond motifs is 6. The molecule has 0 aliphatic rings. The molecule has 0 N–H and O–H groups in total. The van der Waals surface area contributed by atoms with E-state index < -0.39 is 0 Å². The first-order valence-electron chi connectivity index (χ1n) is 16.9. The Morgan fingerprint density at radius 1 is 0.660 bits per heavy atom. The molecule has 0 atom stereocenters. The summed E-state index contributed by atoms with van der Waals surface area (Å²) < 4.78 is 11.3. The molecule has 238 valence electrons. The van der Waals surface area contributed by atoms with Crippen LogP contribution in [0.2, 0.25) is 0 Å². The van der Waals surface area contributed by atoms with Gasteiger partial charge in [0.2, 0.25) is 0 Å². The smallest absolute Gasteiger partial charge is 0.143 e. The van der Waals surface area contributed by atoms with Gasteiger partial charge in [-0.25, -0.2) is 4.68 Å². The Morgan fingerprint density at radius 2 is 1.28 bits per heavy atom. The summed E-state index contributed by atoms with van der Waals surface area (Å²) in [6.07, 6.45) is 8.11. The summed E-state index contributed by atoms with van der Waals surface area (Å²) in [5, 5.41) is 9.96. The highest BCUT2D eigenvalue weighted by atomic mass is 16.3. The van der Waals surface area contributed by atoms with Crippen molar-refractivity contribution < 1.29 is 4.42 Å². The second-order valence-electron chi connectivity index (χ2n) is 12.4. The predicted octanol–water partition coefficient (Wildman–Crippen LogP) is 12.3. The average molecular weight is 644 g/mol. The highest BCUT2D eigenvalue weighted by Gasteiger charge is 2.27. The van der Waals surface area contributed by atoms with Crippen LogP contribution in [-0.4, -0.2) is 14.3 Å². The zero-order valence-electron chi connectivity index (χ0n) is 27.6. The van der Waals surface area contributed by atoms with Crippen LogP contribution in [0.4, 0.5) is 0 Å². The Labute approximate surface area is 290 Å². The Kier molecular flexibility index (Phi) is 7.14. The van der Waals surface area contributed by atoms with Crippen molar-refractivity contribution in [3.8, 4) is 33.8 Å². The van der Waals surface area contributed by atoms with E-state index in [1.807, 2.05) is 55.5 Å². The topological polar surface area (TPSA) is 35.9 Å². The van der Waals surface area contributed by atoms with Crippen LogP contribution in [0.25, 0.3) is 83.1 Å². The van der Waals surface area contributed by atoms with E-state index in [4.69, 9.17) is 9.52 Å². The van der Waals surface area contributed by atoms with Crippen molar-refractivity contribution in [1.29, 1.82) is 0 Å². The molecule has 0 amide bonds. The highest BCUT2D eigenvalue weighted by molar-refractivity contribution is 6.14. The van der Waals surface area contributed by atoms with Crippen LogP contribution in [0.1, 0.15) is 12.6 Å². The number of benzene rings is 6. The van der Waals surface area contributed by atoms with Gasteiger partial charge >= 0.3 is 0 Å². The maximum absolute atomic E-state index is 6.84. The molecule has 0 saturated carbocycles. The lowest BCUT2D eigenvalue weighted by atomic mass is 9.93. The minimum Gasteiger partial charge on any atom is -0.455 e. The number of para-hydroxylation sites is 4. The number of nitrogens with zero attached hydrogens (tertiary/aromatic N) is 3. The molecule has 4 heteroatoms. The second kappa shape index (κ2) is 12.1. The molecule has 0 aliphatic carbocycles. The van der Waals surface area contributed by atoms with Crippen molar-refractivity contribution in [2.75, 3.05) is 0 Å². The molecule has 0 fully saturated rings. The van der Waals surface area contributed by atoms with Crippen LogP contribution in [0.5, 0.6) is 0 Å². The number of furan rings is 1. The molecule has 50 heavy (non-hydrogen) atoms. The lowest BCUT2D eigenvalue weighted by molar-refractivity contribution is 0.670. The monoisotopic (exact) mass is 643 g/mol. The Balaban J connectivity index is 1.48. The molecule has 4 nitrogen and oxygen atoms in total. The molecule has 3 aromatic heterocycles. The fraction of sp³-hybridized carbons (Fsp3) is 0.0217. The van der Waals surface area contributed by atoms with Gasteiger partial charge in [-0.3, -0.25) is 0 Å². The lowest BCUT2D eigenvalue weighted by Gasteiger charge is -2.14. The van der Waals surface area contributed by atoms with Crippen molar-refractivity contribution in [3.63, 3.8) is 0 Å². The zero-order chi connectivity index (χ0) is 33.6. The largest absolute Gasteiger partial charge is 0.455 e. The van der Waals surface area contributed by atoms with E-state index in [0.29, 0.717) is 0 Å². The fourth-order valence-corrected chi connectivity index (χ4v) is 7.26. The van der Waals surface area contributed by atoms with E-state index in [-0.39, 0.29) is 0 Å². The number of hydrogen-bond acceptors (Lipinski definition) is 2. The lowest BCUT2D eigenvalue weighted by Crippen LogP contribution is -2.02. The first kappa shape index (κ1) is 29.5. The van der Waals surface area contributed by atoms with Crippen molar-refractivity contribution in [2.45, 2.75) is 6.92 Å². The first-order chi connectivity index (χ1) is 24.7. The van der Waals surface area contributed by atoms with Gasteiger partial charge in [0.1, 0.15) is 16.9 Å². The summed E-state index contributed by atoms with van der Waals surface area (Å²) >= 11 is 0. The van der Waals surface area contributed by atoms with Gasteiger partial charge in [-0.1, -0.05) is 134 Å². The summed E-state index contributed by atoms with van der Waals surface area (Å²) in [7, 11) is 0. The van der Waals surface area contributed by atoms with Crippen LogP contribution >= 0.6 is 0 Å². The number of rotatable bonds is 7. The molecule has 0 aliphatic heterocycles. The van der Waals surface area contributed by atoms with Gasteiger partial charge in [-0.2, -0.15) is 5.10 Å². The van der Waals surface area contributed by atoms with Crippen molar-refractivity contribution in [1.82, 2.24) is 14.3 Å². The summed E-state index contributed by atoms with van der Waals surface area (Å²) in [5.74, 6) is 0. The molecule has 0 unspecified atom stereocenters. The van der Waals surface area contributed by atoms with E-state index in [1.54, 1.807) is 0 Å². The van der Waals surface area contributed by atoms with Gasteiger partial charge in [0.25, 0.3) is 0 Å². The van der Waals surface area contributed by atoms with E-state index >= 15 is 0 Å². The van der Waals surface area contributed by atoms with Crippen LogP contribution in [-0.2, 0) is 0 Å². The van der Waals surface area contributed by atoms with Crippen LogP contribution in [0.15, 0.2) is 181 Å². The standard InChI is InChI=1S/C46H33N3O/c1-3-5-18-31(4-2)45-43(44(32-19-8-6-9-20-32)47-49(45)33-21-10-7-11-22-33)39-30-34(29-38-37-25-14-17-28-42(37)50-46(38)39)48-40-26-15-12-23-35(40)36-24-13-16-27-41(36)48/h3-30H,2H2,1H3/b5-3-,31-18+. The van der Waals surface area contributed by atoms with Crippen LogP contribution in [0.3, 0.4) is 0 Å². The molecule has 9 aromatic rings. The third kappa shape index (κ3) is 4.65. The van der Waals surface area contributed by atoms with Crippen molar-refractivity contribution in [2.24, 2.45) is 0 Å². The van der Waals surface area contributed by atoms with Gasteiger partial charge in [-0.15, -0.1) is 0 Å². The molecule has 3 heterocycles. The van der Waals surface area contributed by atoms with E-state index in [9.17, 15) is 0 Å². The number of aromatic nitrogens is 3. The summed E-state index contributed by atoms with van der Waals surface area (Å²) in [6.45, 7) is 6.32. The second-order valence-corrected chi connectivity index (χ2v) is 12.4. The maximum Gasteiger partial charge on any atom is 0.143 e. The SMILES string of the molecule is C=C/C(=C\C=C/C)c1c(-c2cc(-n3c4ccccc4c4ccccc43)cc3c2oc2ccccc23)c(-c2ccccc2)nn1-c1ccccc1. The van der Waals surface area contributed by atoms with Gasteiger partial charge in [0.05, 0.1) is 22.4 Å². The molecule has 0 spiro atoms. The zero-order valence-corrected chi connectivity index (χ0v) is 27.6. The predicted molar refractivity (Wildman–Crippen MR) is 209 cm³/mol. The average Bonchev–Trinajstić information content (AvgIpc) is 3.86. The van der Waals surface area contributed by atoms with Gasteiger partial charge in [0.15, 0.2) is 0 Å². The number of hydrogen-bond donors (Lipinski definition) is 0.